The van der Waals surface area contributed by atoms with Crippen LogP contribution in [0.1, 0.15) is 0 Å². The summed E-state index contributed by atoms with van der Waals surface area (Å²) in [5.41, 5.74) is 1.03. The molecule has 0 fully saturated rings. The van der Waals surface area contributed by atoms with E-state index in [0.29, 0.717) is 22.6 Å². The summed E-state index contributed by atoms with van der Waals surface area (Å²) in [5, 5.41) is 2.64. The molecular weight excluding hydrogens is 348 g/mol. The van der Waals surface area contributed by atoms with Gasteiger partial charge in [0.2, 0.25) is 5.91 Å². The number of carbonyl (C=O) groups excluding carboxylic acids is 1. The molecule has 0 saturated carbocycles. The molecule has 0 spiro atoms. The van der Waals surface area contributed by atoms with E-state index in [2.05, 4.69) is 17.2 Å². The Morgan fingerprint density at radius 1 is 1.11 bits per heavy atom. The number of fused-ring (bicyclic) bond motifs is 1. The van der Waals surface area contributed by atoms with Gasteiger partial charge in [-0.1, -0.05) is 36.1 Å². The third-order valence-corrected chi connectivity index (χ3v) is 3.74. The van der Waals surface area contributed by atoms with Crippen molar-refractivity contribution >= 4 is 17.0 Å². The Balaban J connectivity index is 1.48. The standard InChI is InChI=1S/C20H18N2O5/c1-25-17-10-4-5-11-18(17)26-13-7-6-12-21-19(23)14-22-15-8-2-3-9-16(15)27-20(22)24/h2-5,8-11H,12-14H2,1H3,(H,21,23). The number of methoxy groups -OCH3 is 1. The van der Waals surface area contributed by atoms with Gasteiger partial charge in [-0.2, -0.15) is 0 Å². The normalized spacial score (nSPS) is 10.1. The van der Waals surface area contributed by atoms with Crippen molar-refractivity contribution in [3.05, 3.63) is 59.1 Å². The Labute approximate surface area is 155 Å². The zero-order valence-electron chi connectivity index (χ0n) is 14.7. The summed E-state index contributed by atoms with van der Waals surface area (Å²) in [6.45, 7) is 0.190. The number of amides is 1. The van der Waals surface area contributed by atoms with Gasteiger partial charge in [-0.3, -0.25) is 9.36 Å². The van der Waals surface area contributed by atoms with Gasteiger partial charge in [-0.15, -0.1) is 0 Å². The van der Waals surface area contributed by atoms with Crippen molar-refractivity contribution in [1.82, 2.24) is 9.88 Å². The van der Waals surface area contributed by atoms with Crippen LogP contribution < -0.4 is 20.5 Å². The lowest BCUT2D eigenvalue weighted by atomic mass is 10.3. The lowest BCUT2D eigenvalue weighted by Gasteiger charge is -2.07. The highest BCUT2D eigenvalue weighted by Crippen LogP contribution is 2.25. The summed E-state index contributed by atoms with van der Waals surface area (Å²) in [4.78, 5) is 23.9. The molecule has 138 valence electrons. The molecule has 0 unspecified atom stereocenters. The van der Waals surface area contributed by atoms with Gasteiger partial charge in [-0.05, 0) is 24.3 Å². The summed E-state index contributed by atoms with van der Waals surface area (Å²) < 4.78 is 17.1. The van der Waals surface area contributed by atoms with E-state index in [9.17, 15) is 9.59 Å². The number of benzene rings is 2. The number of nitrogens with zero attached hydrogens (tertiary/aromatic N) is 1. The number of hydrogen-bond acceptors (Lipinski definition) is 5. The van der Waals surface area contributed by atoms with Crippen LogP contribution >= 0.6 is 0 Å². The molecule has 0 bridgehead atoms. The molecule has 2 aromatic carbocycles. The topological polar surface area (TPSA) is 82.7 Å². The van der Waals surface area contributed by atoms with Crippen molar-refractivity contribution in [2.24, 2.45) is 0 Å². The Morgan fingerprint density at radius 2 is 1.85 bits per heavy atom. The van der Waals surface area contributed by atoms with E-state index in [0.717, 1.165) is 0 Å². The van der Waals surface area contributed by atoms with Crippen LogP contribution in [0.2, 0.25) is 0 Å². The molecule has 3 rings (SSSR count). The molecule has 0 aliphatic carbocycles. The SMILES string of the molecule is COc1ccccc1OCC#CCNC(=O)Cn1c(=O)oc2ccccc21. The largest absolute Gasteiger partial charge is 0.493 e. The van der Waals surface area contributed by atoms with Crippen molar-refractivity contribution in [2.75, 3.05) is 20.3 Å². The molecule has 0 aliphatic rings. The molecule has 7 heteroatoms. The number of ether oxygens (including phenoxy) is 2. The molecule has 1 heterocycles. The highest BCUT2D eigenvalue weighted by molar-refractivity contribution is 5.79. The van der Waals surface area contributed by atoms with Crippen molar-refractivity contribution in [1.29, 1.82) is 0 Å². The van der Waals surface area contributed by atoms with Gasteiger partial charge in [0.1, 0.15) is 13.2 Å². The summed E-state index contributed by atoms with van der Waals surface area (Å²) in [6.07, 6.45) is 0. The van der Waals surface area contributed by atoms with Crippen molar-refractivity contribution in [3.8, 4) is 23.3 Å². The van der Waals surface area contributed by atoms with E-state index in [1.54, 1.807) is 43.5 Å². The first-order valence-electron chi connectivity index (χ1n) is 8.25. The van der Waals surface area contributed by atoms with Gasteiger partial charge in [0.05, 0.1) is 19.2 Å². The van der Waals surface area contributed by atoms with Crippen molar-refractivity contribution < 1.29 is 18.7 Å². The van der Waals surface area contributed by atoms with Crippen LogP contribution in [-0.4, -0.2) is 30.7 Å². The first-order chi connectivity index (χ1) is 13.2. The van der Waals surface area contributed by atoms with Crippen LogP contribution in [0, 0.1) is 11.8 Å². The summed E-state index contributed by atoms with van der Waals surface area (Å²) in [7, 11) is 1.57. The van der Waals surface area contributed by atoms with Crippen LogP contribution in [0.15, 0.2) is 57.7 Å². The fraction of sp³-hybridized carbons (Fsp3) is 0.200. The molecule has 0 saturated heterocycles. The molecular formula is C20H18N2O5. The molecule has 27 heavy (non-hydrogen) atoms. The smallest absolute Gasteiger partial charge is 0.420 e. The maximum Gasteiger partial charge on any atom is 0.420 e. The first kappa shape index (κ1) is 18.1. The first-order valence-corrected chi connectivity index (χ1v) is 8.25. The fourth-order valence-electron chi connectivity index (χ4n) is 2.47. The predicted molar refractivity (Wildman–Crippen MR) is 99.7 cm³/mol. The number of para-hydroxylation sites is 4. The maximum atomic E-state index is 12.0. The Morgan fingerprint density at radius 3 is 2.67 bits per heavy atom. The third kappa shape index (κ3) is 4.50. The average Bonchev–Trinajstić information content (AvgIpc) is 3.00. The Kier molecular flexibility index (Phi) is 5.80. The summed E-state index contributed by atoms with van der Waals surface area (Å²) in [6, 6.07) is 14.2. The second kappa shape index (κ2) is 8.63. The maximum absolute atomic E-state index is 12.0. The zero-order chi connectivity index (χ0) is 19.1. The quantitative estimate of drug-likeness (QED) is 0.673. The molecule has 3 aromatic rings. The number of hydrogen-bond donors (Lipinski definition) is 1. The Hall–Kier alpha value is -3.66. The second-order valence-electron chi connectivity index (χ2n) is 5.49. The number of aromatic nitrogens is 1. The van der Waals surface area contributed by atoms with Crippen molar-refractivity contribution in [2.45, 2.75) is 6.54 Å². The minimum atomic E-state index is -0.567. The minimum Gasteiger partial charge on any atom is -0.493 e. The molecule has 1 aromatic heterocycles. The number of carbonyl (C=O) groups is 1. The van der Waals surface area contributed by atoms with Gasteiger partial charge in [0, 0.05) is 0 Å². The van der Waals surface area contributed by atoms with Gasteiger partial charge in [-0.25, -0.2) is 4.79 Å². The highest BCUT2D eigenvalue weighted by atomic mass is 16.5. The average molecular weight is 366 g/mol. The van der Waals surface area contributed by atoms with E-state index in [1.807, 2.05) is 12.1 Å². The van der Waals surface area contributed by atoms with E-state index in [1.165, 1.54) is 4.57 Å². The van der Waals surface area contributed by atoms with Gasteiger partial charge < -0.3 is 19.2 Å². The van der Waals surface area contributed by atoms with E-state index < -0.39 is 5.76 Å². The van der Waals surface area contributed by atoms with Crippen LogP contribution in [0.4, 0.5) is 0 Å². The minimum absolute atomic E-state index is 0.130. The molecule has 1 amide bonds. The number of oxazole rings is 1. The number of rotatable bonds is 6. The Bertz CT molecular complexity index is 1060. The molecule has 1 N–H and O–H groups in total. The van der Waals surface area contributed by atoms with Crippen LogP contribution in [-0.2, 0) is 11.3 Å². The van der Waals surface area contributed by atoms with Gasteiger partial charge in [0.15, 0.2) is 17.1 Å². The summed E-state index contributed by atoms with van der Waals surface area (Å²) in [5.74, 6) is 5.94. The van der Waals surface area contributed by atoms with Crippen LogP contribution in [0.25, 0.3) is 11.1 Å². The number of nitrogens with one attached hydrogen (secondary N) is 1. The van der Waals surface area contributed by atoms with Crippen molar-refractivity contribution in [3.63, 3.8) is 0 Å². The lowest BCUT2D eigenvalue weighted by molar-refractivity contribution is -0.121. The molecule has 0 radical (unpaired) electrons. The monoisotopic (exact) mass is 366 g/mol. The van der Waals surface area contributed by atoms with Gasteiger partial charge >= 0.3 is 5.76 Å². The second-order valence-corrected chi connectivity index (χ2v) is 5.49. The fourth-order valence-corrected chi connectivity index (χ4v) is 2.47. The molecule has 7 nitrogen and oxygen atoms in total. The van der Waals surface area contributed by atoms with Gasteiger partial charge in [0.25, 0.3) is 0 Å². The van der Waals surface area contributed by atoms with E-state index >= 15 is 0 Å². The summed E-state index contributed by atoms with van der Waals surface area (Å²) >= 11 is 0. The zero-order valence-corrected chi connectivity index (χ0v) is 14.7. The predicted octanol–water partition coefficient (Wildman–Crippen LogP) is 1.80. The molecule has 0 aliphatic heterocycles. The molecule has 0 atom stereocenters. The lowest BCUT2D eigenvalue weighted by Crippen LogP contribution is -2.31. The van der Waals surface area contributed by atoms with Crippen LogP contribution in [0.5, 0.6) is 11.5 Å². The van der Waals surface area contributed by atoms with Crippen LogP contribution in [0.3, 0.4) is 0 Å². The van der Waals surface area contributed by atoms with E-state index in [4.69, 9.17) is 13.9 Å². The third-order valence-electron chi connectivity index (χ3n) is 3.74. The highest BCUT2D eigenvalue weighted by Gasteiger charge is 2.11. The van der Waals surface area contributed by atoms with E-state index in [-0.39, 0.29) is 25.6 Å².